The molecule has 0 N–H and O–H groups in total. The highest BCUT2D eigenvalue weighted by molar-refractivity contribution is 6.36. The van der Waals surface area contributed by atoms with Crippen molar-refractivity contribution in [2.45, 2.75) is 31.7 Å². The lowest BCUT2D eigenvalue weighted by Crippen LogP contribution is -2.26. The summed E-state index contributed by atoms with van der Waals surface area (Å²) in [5, 5.41) is 0. The summed E-state index contributed by atoms with van der Waals surface area (Å²) in [7, 11) is 0. The van der Waals surface area contributed by atoms with E-state index in [9.17, 15) is 4.79 Å². The van der Waals surface area contributed by atoms with Crippen LogP contribution in [0.1, 0.15) is 37.3 Å². The number of esters is 1. The number of unbranched alkanes of at least 4 members (excludes halogenated alkanes) is 2. The van der Waals surface area contributed by atoms with Crippen LogP contribution in [0, 0.1) is 0 Å². The number of hydrogen-bond acceptors (Lipinski definition) is 3. The minimum atomic E-state index is -0.259. The first kappa shape index (κ1) is 13.5. The van der Waals surface area contributed by atoms with E-state index in [1.807, 2.05) is 36.4 Å². The van der Waals surface area contributed by atoms with E-state index in [-0.39, 0.29) is 12.0 Å². The molecule has 2 rings (SSSR count). The standard InChI is InChI=1S/C16H19NO2/c1-2-3-4-8-11-14-16(18)19-12-15(17-14)13-9-6-5-7-10-13/h2,5-7,9-10,15H,1,3-4,8,11-12H2/t15-/m0/s1. The second-order valence-electron chi connectivity index (χ2n) is 4.64. The molecule has 1 aliphatic rings. The fraction of sp³-hybridized carbons (Fsp3) is 0.375. The number of carbonyl (C=O) groups excluding carboxylic acids is 1. The molecule has 3 nitrogen and oxygen atoms in total. The second kappa shape index (κ2) is 6.88. The van der Waals surface area contributed by atoms with Gasteiger partial charge in [-0.25, -0.2) is 4.79 Å². The lowest BCUT2D eigenvalue weighted by molar-refractivity contribution is -0.137. The first-order valence-corrected chi connectivity index (χ1v) is 6.71. The zero-order chi connectivity index (χ0) is 13.5. The highest BCUT2D eigenvalue weighted by Crippen LogP contribution is 2.22. The molecule has 1 aromatic carbocycles. The van der Waals surface area contributed by atoms with Gasteiger partial charge in [-0.3, -0.25) is 4.99 Å². The molecule has 1 aromatic rings. The van der Waals surface area contributed by atoms with Crippen molar-refractivity contribution >= 4 is 11.7 Å². The smallest absolute Gasteiger partial charge is 0.352 e. The molecule has 0 saturated carbocycles. The number of rotatable bonds is 6. The van der Waals surface area contributed by atoms with E-state index < -0.39 is 0 Å². The summed E-state index contributed by atoms with van der Waals surface area (Å²) in [4.78, 5) is 16.2. The van der Waals surface area contributed by atoms with Crippen molar-refractivity contribution in [3.05, 3.63) is 48.6 Å². The summed E-state index contributed by atoms with van der Waals surface area (Å²) < 4.78 is 5.22. The zero-order valence-corrected chi connectivity index (χ0v) is 11.0. The normalized spacial score (nSPS) is 18.6. The number of nitrogens with zero attached hydrogens (tertiary/aromatic N) is 1. The van der Waals surface area contributed by atoms with Gasteiger partial charge in [-0.05, 0) is 31.2 Å². The molecule has 0 bridgehead atoms. The molecule has 0 radical (unpaired) electrons. The van der Waals surface area contributed by atoms with Crippen molar-refractivity contribution in [2.24, 2.45) is 4.99 Å². The van der Waals surface area contributed by atoms with Crippen LogP contribution in [-0.2, 0) is 9.53 Å². The summed E-state index contributed by atoms with van der Waals surface area (Å²) in [6, 6.07) is 9.91. The maximum Gasteiger partial charge on any atom is 0.352 e. The SMILES string of the molecule is C=CCCCCC1=N[C@H](c2ccccc2)COC1=O. The first-order chi connectivity index (χ1) is 9.31. The fourth-order valence-corrected chi connectivity index (χ4v) is 2.11. The summed E-state index contributed by atoms with van der Waals surface area (Å²) in [5.74, 6) is -0.259. The fourth-order valence-electron chi connectivity index (χ4n) is 2.11. The molecule has 1 heterocycles. The van der Waals surface area contributed by atoms with Gasteiger partial charge in [0.1, 0.15) is 18.4 Å². The van der Waals surface area contributed by atoms with Gasteiger partial charge in [0, 0.05) is 0 Å². The van der Waals surface area contributed by atoms with Crippen LogP contribution in [0.25, 0.3) is 0 Å². The molecule has 19 heavy (non-hydrogen) atoms. The maximum absolute atomic E-state index is 11.7. The van der Waals surface area contributed by atoms with Crippen LogP contribution in [0.15, 0.2) is 48.0 Å². The molecular weight excluding hydrogens is 238 g/mol. The van der Waals surface area contributed by atoms with Crippen LogP contribution in [-0.4, -0.2) is 18.3 Å². The van der Waals surface area contributed by atoms with Crippen LogP contribution in [0.2, 0.25) is 0 Å². The summed E-state index contributed by atoms with van der Waals surface area (Å²) in [5.41, 5.74) is 1.67. The van der Waals surface area contributed by atoms with Gasteiger partial charge in [0.05, 0.1) is 0 Å². The molecule has 3 heteroatoms. The Morgan fingerprint density at radius 1 is 1.32 bits per heavy atom. The van der Waals surface area contributed by atoms with Crippen molar-refractivity contribution in [1.29, 1.82) is 0 Å². The Morgan fingerprint density at radius 2 is 2.11 bits per heavy atom. The van der Waals surface area contributed by atoms with E-state index in [0.29, 0.717) is 18.7 Å². The Hall–Kier alpha value is -1.90. The largest absolute Gasteiger partial charge is 0.459 e. The maximum atomic E-state index is 11.7. The van der Waals surface area contributed by atoms with Crippen LogP contribution < -0.4 is 0 Å². The quantitative estimate of drug-likeness (QED) is 0.444. The Kier molecular flexibility index (Phi) is 4.90. The van der Waals surface area contributed by atoms with Gasteiger partial charge in [0.15, 0.2) is 0 Å². The van der Waals surface area contributed by atoms with Crippen LogP contribution in [0.4, 0.5) is 0 Å². The number of cyclic esters (lactones) is 1. The van der Waals surface area contributed by atoms with Gasteiger partial charge in [0.2, 0.25) is 0 Å². The molecule has 0 fully saturated rings. The number of hydrogen-bond donors (Lipinski definition) is 0. The lowest BCUT2D eigenvalue weighted by Gasteiger charge is -2.20. The van der Waals surface area contributed by atoms with Gasteiger partial charge in [-0.15, -0.1) is 6.58 Å². The third kappa shape index (κ3) is 3.78. The molecule has 1 aliphatic heterocycles. The van der Waals surface area contributed by atoms with Crippen molar-refractivity contribution in [3.8, 4) is 0 Å². The number of carbonyl (C=O) groups is 1. The molecule has 0 aromatic heterocycles. The molecule has 0 spiro atoms. The number of ether oxygens (including phenoxy) is 1. The average Bonchev–Trinajstić information content (AvgIpc) is 2.46. The third-order valence-electron chi connectivity index (χ3n) is 3.18. The Bertz CT molecular complexity index is 465. The monoisotopic (exact) mass is 257 g/mol. The average molecular weight is 257 g/mol. The number of allylic oxidation sites excluding steroid dienone is 1. The summed E-state index contributed by atoms with van der Waals surface area (Å²) >= 11 is 0. The number of aliphatic imine (C=N–C) groups is 1. The molecule has 0 amide bonds. The van der Waals surface area contributed by atoms with Gasteiger partial charge in [-0.1, -0.05) is 36.4 Å². The third-order valence-corrected chi connectivity index (χ3v) is 3.18. The molecular formula is C16H19NO2. The van der Waals surface area contributed by atoms with Crippen molar-refractivity contribution < 1.29 is 9.53 Å². The van der Waals surface area contributed by atoms with Crippen LogP contribution >= 0.6 is 0 Å². The topological polar surface area (TPSA) is 38.7 Å². The summed E-state index contributed by atoms with van der Waals surface area (Å²) in [6.07, 6.45) is 5.54. The van der Waals surface area contributed by atoms with Gasteiger partial charge >= 0.3 is 5.97 Å². The van der Waals surface area contributed by atoms with Crippen molar-refractivity contribution in [2.75, 3.05) is 6.61 Å². The second-order valence-corrected chi connectivity index (χ2v) is 4.64. The van der Waals surface area contributed by atoms with Crippen molar-refractivity contribution in [1.82, 2.24) is 0 Å². The van der Waals surface area contributed by atoms with Gasteiger partial charge in [-0.2, -0.15) is 0 Å². The van der Waals surface area contributed by atoms with E-state index in [0.717, 1.165) is 24.8 Å². The molecule has 0 saturated heterocycles. The van der Waals surface area contributed by atoms with Crippen molar-refractivity contribution in [3.63, 3.8) is 0 Å². The van der Waals surface area contributed by atoms with E-state index in [2.05, 4.69) is 11.6 Å². The Morgan fingerprint density at radius 3 is 2.84 bits per heavy atom. The predicted molar refractivity (Wildman–Crippen MR) is 76.2 cm³/mol. The van der Waals surface area contributed by atoms with E-state index in [1.165, 1.54) is 0 Å². The van der Waals surface area contributed by atoms with Gasteiger partial charge < -0.3 is 4.74 Å². The van der Waals surface area contributed by atoms with Gasteiger partial charge in [0.25, 0.3) is 0 Å². The first-order valence-electron chi connectivity index (χ1n) is 6.71. The number of benzene rings is 1. The van der Waals surface area contributed by atoms with E-state index >= 15 is 0 Å². The lowest BCUT2D eigenvalue weighted by atomic mass is 10.1. The Labute approximate surface area is 114 Å². The summed E-state index contributed by atoms with van der Waals surface area (Å²) in [6.45, 7) is 4.04. The highest BCUT2D eigenvalue weighted by Gasteiger charge is 2.23. The Balaban J connectivity index is 2.01. The zero-order valence-electron chi connectivity index (χ0n) is 11.0. The highest BCUT2D eigenvalue weighted by atomic mass is 16.5. The van der Waals surface area contributed by atoms with Crippen LogP contribution in [0.5, 0.6) is 0 Å². The predicted octanol–water partition coefficient (Wildman–Crippen LogP) is 3.47. The van der Waals surface area contributed by atoms with Crippen LogP contribution in [0.3, 0.4) is 0 Å². The molecule has 100 valence electrons. The minimum absolute atomic E-state index is 0.0479. The molecule has 1 atom stereocenters. The van der Waals surface area contributed by atoms with E-state index in [1.54, 1.807) is 0 Å². The van der Waals surface area contributed by atoms with E-state index in [4.69, 9.17) is 4.74 Å². The molecule has 0 unspecified atom stereocenters. The molecule has 0 aliphatic carbocycles. The minimum Gasteiger partial charge on any atom is -0.459 e.